The topological polar surface area (TPSA) is 20.2 Å². The van der Waals surface area contributed by atoms with Gasteiger partial charge in [0.25, 0.3) is 0 Å². The molecule has 0 radical (unpaired) electrons. The van der Waals surface area contributed by atoms with Crippen molar-refractivity contribution in [3.05, 3.63) is 53.6 Å². The summed E-state index contributed by atoms with van der Waals surface area (Å²) in [5, 5.41) is 9.51. The molecule has 0 aliphatic rings. The maximum Gasteiger partial charge on any atom is 0.0525 e. The van der Waals surface area contributed by atoms with Gasteiger partial charge in [-0.3, -0.25) is 0 Å². The van der Waals surface area contributed by atoms with E-state index < -0.39 is 0 Å². The molecule has 0 saturated carbocycles. The van der Waals surface area contributed by atoms with E-state index in [-0.39, 0.29) is 6.61 Å². The van der Waals surface area contributed by atoms with Gasteiger partial charge in [-0.1, -0.05) is 35.9 Å². The smallest absolute Gasteiger partial charge is 0.0525 e. The zero-order valence-corrected chi connectivity index (χ0v) is 10.8. The summed E-state index contributed by atoms with van der Waals surface area (Å²) in [5.74, 6) is 0.736. The molecular weight excluding hydrogens is 252 g/mol. The number of rotatable bonds is 4. The Morgan fingerprint density at radius 1 is 0.882 bits per heavy atom. The highest BCUT2D eigenvalue weighted by Gasteiger charge is 1.98. The van der Waals surface area contributed by atoms with Crippen LogP contribution in [0.3, 0.4) is 0 Å². The summed E-state index contributed by atoms with van der Waals surface area (Å²) in [6, 6.07) is 16.1. The maximum absolute atomic E-state index is 8.75. The molecule has 0 bridgehead atoms. The summed E-state index contributed by atoms with van der Waals surface area (Å²) >= 11 is 7.51. The van der Waals surface area contributed by atoms with Gasteiger partial charge in [0, 0.05) is 15.7 Å². The molecule has 2 aromatic rings. The van der Waals surface area contributed by atoms with Crippen LogP contribution in [0.15, 0.2) is 53.4 Å². The van der Waals surface area contributed by atoms with Gasteiger partial charge in [-0.25, -0.2) is 0 Å². The highest BCUT2D eigenvalue weighted by molar-refractivity contribution is 7.99. The van der Waals surface area contributed by atoms with E-state index in [2.05, 4.69) is 24.3 Å². The second-order valence-corrected chi connectivity index (χ2v) is 5.21. The molecule has 0 atom stereocenters. The first kappa shape index (κ1) is 12.5. The van der Waals surface area contributed by atoms with Crippen molar-refractivity contribution in [1.29, 1.82) is 0 Å². The maximum atomic E-state index is 8.75. The van der Waals surface area contributed by atoms with Gasteiger partial charge in [-0.05, 0) is 35.4 Å². The summed E-state index contributed by atoms with van der Waals surface area (Å²) in [5.41, 5.74) is 2.34. The highest BCUT2D eigenvalue weighted by Crippen LogP contribution is 2.25. The Kier molecular flexibility index (Phi) is 4.49. The van der Waals surface area contributed by atoms with Crippen LogP contribution in [0.1, 0.15) is 0 Å². The van der Waals surface area contributed by atoms with E-state index in [0.717, 1.165) is 16.3 Å². The lowest BCUT2D eigenvalue weighted by Gasteiger charge is -2.04. The van der Waals surface area contributed by atoms with Gasteiger partial charge < -0.3 is 5.11 Å². The second kappa shape index (κ2) is 6.10. The minimum absolute atomic E-state index is 0.212. The van der Waals surface area contributed by atoms with Crippen molar-refractivity contribution >= 4 is 23.4 Å². The molecule has 2 rings (SSSR count). The predicted octanol–water partition coefficient (Wildman–Crippen LogP) is 4.09. The largest absolute Gasteiger partial charge is 0.396 e. The van der Waals surface area contributed by atoms with E-state index in [1.165, 1.54) is 10.5 Å². The average Bonchev–Trinajstić information content (AvgIpc) is 2.38. The highest BCUT2D eigenvalue weighted by atomic mass is 35.5. The van der Waals surface area contributed by atoms with Crippen LogP contribution < -0.4 is 0 Å². The number of halogens is 1. The fraction of sp³-hybridized carbons (Fsp3) is 0.143. The first-order valence-electron chi connectivity index (χ1n) is 5.39. The third kappa shape index (κ3) is 3.50. The Balaban J connectivity index is 2.14. The van der Waals surface area contributed by atoms with Crippen LogP contribution in [-0.4, -0.2) is 17.5 Å². The van der Waals surface area contributed by atoms with Crippen molar-refractivity contribution < 1.29 is 5.11 Å². The van der Waals surface area contributed by atoms with Gasteiger partial charge in [-0.2, -0.15) is 0 Å². The van der Waals surface area contributed by atoms with Crippen LogP contribution in [0.4, 0.5) is 0 Å². The van der Waals surface area contributed by atoms with E-state index in [1.807, 2.05) is 24.3 Å². The van der Waals surface area contributed by atoms with E-state index in [4.69, 9.17) is 16.7 Å². The van der Waals surface area contributed by atoms with E-state index in [0.29, 0.717) is 0 Å². The van der Waals surface area contributed by atoms with Crippen molar-refractivity contribution in [2.45, 2.75) is 4.90 Å². The van der Waals surface area contributed by atoms with Gasteiger partial charge >= 0.3 is 0 Å². The molecule has 0 aliphatic heterocycles. The minimum Gasteiger partial charge on any atom is -0.396 e. The molecule has 1 nitrogen and oxygen atoms in total. The second-order valence-electron chi connectivity index (χ2n) is 3.60. The molecule has 2 aromatic carbocycles. The lowest BCUT2D eigenvalue weighted by atomic mass is 10.1. The third-order valence-electron chi connectivity index (χ3n) is 2.39. The molecule has 1 N–H and O–H groups in total. The zero-order valence-electron chi connectivity index (χ0n) is 9.27. The standard InChI is InChI=1S/C14H13ClOS/c15-13-5-1-11(2-6-13)12-3-7-14(8-4-12)17-10-9-16/h1-8,16H,9-10H2. The molecule has 0 spiro atoms. The molecule has 3 heteroatoms. The SMILES string of the molecule is OCCSc1ccc(-c2ccc(Cl)cc2)cc1. The third-order valence-corrected chi connectivity index (χ3v) is 3.64. The van der Waals surface area contributed by atoms with Crippen LogP contribution in [0, 0.1) is 0 Å². The Morgan fingerprint density at radius 3 is 1.94 bits per heavy atom. The molecule has 88 valence electrons. The van der Waals surface area contributed by atoms with Crippen LogP contribution in [0.2, 0.25) is 5.02 Å². The molecule has 0 aromatic heterocycles. The van der Waals surface area contributed by atoms with E-state index in [9.17, 15) is 0 Å². The molecule has 17 heavy (non-hydrogen) atoms. The van der Waals surface area contributed by atoms with Crippen molar-refractivity contribution in [3.63, 3.8) is 0 Å². The monoisotopic (exact) mass is 264 g/mol. The van der Waals surface area contributed by atoms with E-state index in [1.54, 1.807) is 11.8 Å². The fourth-order valence-corrected chi connectivity index (χ4v) is 2.33. The molecular formula is C14H13ClOS. The zero-order chi connectivity index (χ0) is 12.1. The molecule has 0 fully saturated rings. The van der Waals surface area contributed by atoms with Crippen LogP contribution in [0.5, 0.6) is 0 Å². The lowest BCUT2D eigenvalue weighted by Crippen LogP contribution is -1.85. The molecule has 0 heterocycles. The molecule has 0 unspecified atom stereocenters. The lowest BCUT2D eigenvalue weighted by molar-refractivity contribution is 0.322. The fourth-order valence-electron chi connectivity index (χ4n) is 1.55. The summed E-state index contributed by atoms with van der Waals surface area (Å²) < 4.78 is 0. The Morgan fingerprint density at radius 2 is 1.41 bits per heavy atom. The predicted molar refractivity (Wildman–Crippen MR) is 74.7 cm³/mol. The number of aliphatic hydroxyl groups excluding tert-OH is 1. The first-order valence-corrected chi connectivity index (χ1v) is 6.75. The van der Waals surface area contributed by atoms with Crippen molar-refractivity contribution in [1.82, 2.24) is 0 Å². The Bertz CT molecular complexity index is 465. The van der Waals surface area contributed by atoms with Crippen molar-refractivity contribution in [3.8, 4) is 11.1 Å². The molecule has 0 amide bonds. The molecule has 0 saturated heterocycles. The van der Waals surface area contributed by atoms with Gasteiger partial charge in [0.15, 0.2) is 0 Å². The normalized spacial score (nSPS) is 10.5. The number of benzene rings is 2. The van der Waals surface area contributed by atoms with Gasteiger partial charge in [-0.15, -0.1) is 11.8 Å². The summed E-state index contributed by atoms with van der Waals surface area (Å²) in [6.07, 6.45) is 0. The van der Waals surface area contributed by atoms with Crippen LogP contribution in [-0.2, 0) is 0 Å². The van der Waals surface area contributed by atoms with Gasteiger partial charge in [0.05, 0.1) is 6.61 Å². The van der Waals surface area contributed by atoms with Crippen molar-refractivity contribution in [2.24, 2.45) is 0 Å². The summed E-state index contributed by atoms with van der Waals surface area (Å²) in [4.78, 5) is 1.18. The van der Waals surface area contributed by atoms with Gasteiger partial charge in [0.2, 0.25) is 0 Å². The first-order chi connectivity index (χ1) is 8.29. The number of aliphatic hydroxyl groups is 1. The number of hydrogen-bond donors (Lipinski definition) is 1. The Labute approximate surface area is 110 Å². The van der Waals surface area contributed by atoms with Crippen LogP contribution >= 0.6 is 23.4 Å². The summed E-state index contributed by atoms with van der Waals surface area (Å²) in [6.45, 7) is 0.212. The molecule has 0 aliphatic carbocycles. The van der Waals surface area contributed by atoms with Crippen molar-refractivity contribution in [2.75, 3.05) is 12.4 Å². The Hall–Kier alpha value is -0.960. The minimum atomic E-state index is 0.212. The number of thioether (sulfide) groups is 1. The quantitative estimate of drug-likeness (QED) is 0.840. The number of hydrogen-bond acceptors (Lipinski definition) is 2. The average molecular weight is 265 g/mol. The van der Waals surface area contributed by atoms with Gasteiger partial charge in [0.1, 0.15) is 0 Å². The van der Waals surface area contributed by atoms with E-state index >= 15 is 0 Å². The van der Waals surface area contributed by atoms with Crippen LogP contribution in [0.25, 0.3) is 11.1 Å². The summed E-state index contributed by atoms with van der Waals surface area (Å²) in [7, 11) is 0.